The summed E-state index contributed by atoms with van der Waals surface area (Å²) in [5.41, 5.74) is -3.61. The first-order valence-corrected chi connectivity index (χ1v) is 9.54. The number of carbonyl (C=O) groups is 1. The highest BCUT2D eigenvalue weighted by Gasteiger charge is 2.74. The molecule has 2 aliphatic carbocycles. The molecule has 2 saturated carbocycles. The van der Waals surface area contributed by atoms with Crippen molar-refractivity contribution in [1.82, 2.24) is 15.5 Å². The number of alkyl halides is 3. The number of amides is 1. The second kappa shape index (κ2) is 6.19. The number of rotatable bonds is 3. The Labute approximate surface area is 170 Å². The molecular formula is C20H23F3N4O3. The van der Waals surface area contributed by atoms with Crippen LogP contribution in [-0.2, 0) is 16.5 Å². The largest absolute Gasteiger partial charge is 0.444 e. The maximum absolute atomic E-state index is 13.4. The Morgan fingerprint density at radius 3 is 2.67 bits per heavy atom. The Kier molecular flexibility index (Phi) is 4.26. The molecule has 4 atom stereocenters. The molecule has 2 aliphatic rings. The molecule has 30 heavy (non-hydrogen) atoms. The van der Waals surface area contributed by atoms with Crippen molar-refractivity contribution in [3.05, 3.63) is 29.5 Å². The van der Waals surface area contributed by atoms with E-state index in [9.17, 15) is 23.1 Å². The van der Waals surface area contributed by atoms with Crippen LogP contribution in [0.2, 0.25) is 0 Å². The number of hydrogen-bond donors (Lipinski definition) is 3. The van der Waals surface area contributed by atoms with Gasteiger partial charge in [0.05, 0.1) is 34.5 Å². The monoisotopic (exact) mass is 424 g/mol. The average molecular weight is 424 g/mol. The van der Waals surface area contributed by atoms with Gasteiger partial charge in [0, 0.05) is 17.7 Å². The summed E-state index contributed by atoms with van der Waals surface area (Å²) < 4.78 is 45.4. The third kappa shape index (κ3) is 3.23. The van der Waals surface area contributed by atoms with Crippen molar-refractivity contribution < 1.29 is 27.8 Å². The number of aliphatic imine (C=N–C) groups is 1. The van der Waals surface area contributed by atoms with Crippen molar-refractivity contribution in [3.8, 4) is 0 Å². The summed E-state index contributed by atoms with van der Waals surface area (Å²) in [6.45, 7) is 8.83. The number of aromatic amines is 1. The van der Waals surface area contributed by atoms with Crippen molar-refractivity contribution in [1.29, 1.82) is 0 Å². The zero-order chi connectivity index (χ0) is 22.1. The van der Waals surface area contributed by atoms with Crippen LogP contribution in [0.1, 0.15) is 44.7 Å². The van der Waals surface area contributed by atoms with Crippen LogP contribution in [0.3, 0.4) is 0 Å². The number of fused-ring (bicyclic) bond motifs is 2. The van der Waals surface area contributed by atoms with Crippen LogP contribution < -0.4 is 5.32 Å². The van der Waals surface area contributed by atoms with Gasteiger partial charge in [0.15, 0.2) is 0 Å². The van der Waals surface area contributed by atoms with Gasteiger partial charge in [-0.15, -0.1) is 0 Å². The van der Waals surface area contributed by atoms with Crippen molar-refractivity contribution >= 4 is 23.7 Å². The topological polar surface area (TPSA) is 99.6 Å². The molecule has 0 saturated heterocycles. The number of benzene rings is 1. The minimum absolute atomic E-state index is 0.0379. The summed E-state index contributed by atoms with van der Waals surface area (Å²) in [5.74, 6) is -0.260. The van der Waals surface area contributed by atoms with Gasteiger partial charge < -0.3 is 15.2 Å². The predicted molar refractivity (Wildman–Crippen MR) is 103 cm³/mol. The van der Waals surface area contributed by atoms with E-state index in [1.807, 2.05) is 0 Å². The molecule has 0 aliphatic heterocycles. The molecule has 4 rings (SSSR count). The van der Waals surface area contributed by atoms with Gasteiger partial charge in [0.2, 0.25) is 0 Å². The summed E-state index contributed by atoms with van der Waals surface area (Å²) in [4.78, 5) is 16.3. The molecule has 1 amide bonds. The molecule has 0 spiro atoms. The fraction of sp³-hybridized carbons (Fsp3) is 0.550. The Hall–Kier alpha value is -2.62. The van der Waals surface area contributed by atoms with Crippen molar-refractivity contribution in [2.24, 2.45) is 10.9 Å². The normalized spacial score (nSPS) is 30.8. The molecular weight excluding hydrogens is 401 g/mol. The van der Waals surface area contributed by atoms with Crippen LogP contribution in [0.4, 0.5) is 18.0 Å². The molecule has 1 aromatic carbocycles. The predicted octanol–water partition coefficient (Wildman–Crippen LogP) is 3.53. The maximum Gasteiger partial charge on any atom is 0.416 e. The van der Waals surface area contributed by atoms with Crippen LogP contribution in [0.15, 0.2) is 23.3 Å². The van der Waals surface area contributed by atoms with Crippen molar-refractivity contribution in [3.63, 3.8) is 0 Å². The Morgan fingerprint density at radius 1 is 1.40 bits per heavy atom. The van der Waals surface area contributed by atoms with Crippen LogP contribution >= 0.6 is 0 Å². The Morgan fingerprint density at radius 2 is 2.10 bits per heavy atom. The van der Waals surface area contributed by atoms with E-state index in [1.54, 1.807) is 20.8 Å². The molecule has 10 heteroatoms. The first-order chi connectivity index (χ1) is 13.8. The van der Waals surface area contributed by atoms with Crippen LogP contribution in [0.5, 0.6) is 0 Å². The van der Waals surface area contributed by atoms with Gasteiger partial charge in [0.25, 0.3) is 0 Å². The number of ether oxygens (including phenoxy) is 1. The molecule has 0 unspecified atom stereocenters. The van der Waals surface area contributed by atoms with E-state index < -0.39 is 40.6 Å². The fourth-order valence-corrected chi connectivity index (χ4v) is 4.68. The van der Waals surface area contributed by atoms with Gasteiger partial charge in [-0.25, -0.2) is 4.79 Å². The summed E-state index contributed by atoms with van der Waals surface area (Å²) in [6.07, 6.45) is -3.60. The molecule has 0 bridgehead atoms. The highest BCUT2D eigenvalue weighted by Crippen LogP contribution is 2.65. The lowest BCUT2D eigenvalue weighted by molar-refractivity contribution is -0.137. The number of halogens is 3. The zero-order valence-corrected chi connectivity index (χ0v) is 16.8. The quantitative estimate of drug-likeness (QED) is 0.657. The summed E-state index contributed by atoms with van der Waals surface area (Å²) in [7, 11) is 0. The van der Waals surface area contributed by atoms with Crippen molar-refractivity contribution in [2.75, 3.05) is 0 Å². The Balaban J connectivity index is 1.63. The van der Waals surface area contributed by atoms with Gasteiger partial charge in [0.1, 0.15) is 5.60 Å². The lowest BCUT2D eigenvalue weighted by Crippen LogP contribution is -2.40. The van der Waals surface area contributed by atoms with Crippen molar-refractivity contribution in [2.45, 2.75) is 62.6 Å². The highest BCUT2D eigenvalue weighted by atomic mass is 19.4. The lowest BCUT2D eigenvalue weighted by Gasteiger charge is -2.29. The standard InChI is InChI=1S/C20H23F3N4O3/c1-17(2,3)30-16(28)26-15-13-7-18(29,9-19(13,15)24-4)12-5-10(20(21,22)23)6-14-11(12)8-25-27-14/h5-6,8,13,15,29H,4,7,9H2,1-3H3,(H,25,27)(H,26,28)/t13-,15-,18-,19+/m0/s1. The zero-order valence-electron chi connectivity index (χ0n) is 16.8. The van der Waals surface area contributed by atoms with E-state index in [1.165, 1.54) is 6.20 Å². The number of aromatic nitrogens is 2. The highest BCUT2D eigenvalue weighted by molar-refractivity contribution is 5.84. The van der Waals surface area contributed by atoms with Gasteiger partial charge in [-0.3, -0.25) is 10.1 Å². The molecule has 2 fully saturated rings. The average Bonchev–Trinajstić information content (AvgIpc) is 2.97. The number of carbonyl (C=O) groups excluding carboxylic acids is 1. The minimum Gasteiger partial charge on any atom is -0.444 e. The molecule has 162 valence electrons. The fourth-order valence-electron chi connectivity index (χ4n) is 4.68. The smallest absolute Gasteiger partial charge is 0.416 e. The van der Waals surface area contributed by atoms with Crippen LogP contribution in [0, 0.1) is 5.92 Å². The van der Waals surface area contributed by atoms with E-state index in [0.29, 0.717) is 5.39 Å². The van der Waals surface area contributed by atoms with E-state index in [0.717, 1.165) is 12.1 Å². The van der Waals surface area contributed by atoms with E-state index in [-0.39, 0.29) is 29.8 Å². The number of alkyl carbamates (subject to hydrolysis) is 1. The number of hydrogen-bond acceptors (Lipinski definition) is 5. The molecule has 1 heterocycles. The van der Waals surface area contributed by atoms with E-state index in [4.69, 9.17) is 4.74 Å². The maximum atomic E-state index is 13.4. The van der Waals surface area contributed by atoms with Crippen LogP contribution in [0.25, 0.3) is 10.9 Å². The second-order valence-electron chi connectivity index (χ2n) is 9.15. The number of aliphatic hydroxyl groups is 1. The van der Waals surface area contributed by atoms with Gasteiger partial charge >= 0.3 is 12.3 Å². The third-order valence-electron chi connectivity index (χ3n) is 5.96. The third-order valence-corrected chi connectivity index (χ3v) is 5.96. The summed E-state index contributed by atoms with van der Waals surface area (Å²) >= 11 is 0. The SMILES string of the molecule is C=N[C@]12C[C@](O)(c3cc(C(F)(F)F)cc4[nH]ncc34)C[C@H]1[C@@H]2NC(=O)OC(C)(C)C. The van der Waals surface area contributed by atoms with E-state index >= 15 is 0 Å². The number of H-pyrrole nitrogens is 1. The molecule has 3 N–H and O–H groups in total. The summed E-state index contributed by atoms with van der Waals surface area (Å²) in [6, 6.07) is 1.55. The Bertz CT molecular complexity index is 1030. The lowest BCUT2D eigenvalue weighted by atomic mass is 9.84. The molecule has 2 aromatic rings. The summed E-state index contributed by atoms with van der Waals surface area (Å²) in [5, 5.41) is 20.9. The number of nitrogens with zero attached hydrogens (tertiary/aromatic N) is 2. The molecule has 1 aromatic heterocycles. The first kappa shape index (κ1) is 20.6. The van der Waals surface area contributed by atoms with Crippen LogP contribution in [-0.4, -0.2) is 45.3 Å². The van der Waals surface area contributed by atoms with Gasteiger partial charge in [-0.2, -0.15) is 18.3 Å². The van der Waals surface area contributed by atoms with Gasteiger partial charge in [-0.05, 0) is 51.6 Å². The molecule has 7 nitrogen and oxygen atoms in total. The second-order valence-corrected chi connectivity index (χ2v) is 9.15. The van der Waals surface area contributed by atoms with E-state index in [2.05, 4.69) is 27.2 Å². The number of nitrogens with one attached hydrogen (secondary N) is 2. The minimum atomic E-state index is -4.57. The molecule has 0 radical (unpaired) electrons. The first-order valence-electron chi connectivity index (χ1n) is 9.54. The van der Waals surface area contributed by atoms with Gasteiger partial charge in [-0.1, -0.05) is 0 Å².